The fraction of sp³-hybridized carbons (Fsp3) is 0.286. The van der Waals surface area contributed by atoms with Crippen LogP contribution in [0, 0.1) is 0 Å². The van der Waals surface area contributed by atoms with Crippen LogP contribution in [-0.4, -0.2) is 6.54 Å². The van der Waals surface area contributed by atoms with Crippen molar-refractivity contribution in [2.45, 2.75) is 19.4 Å². The maximum atomic E-state index is 6.01. The van der Waals surface area contributed by atoms with Gasteiger partial charge in [-0.1, -0.05) is 40.5 Å². The molecule has 0 amide bonds. The van der Waals surface area contributed by atoms with Gasteiger partial charge in [-0.05, 0) is 51.6 Å². The Kier molecular flexibility index (Phi) is 5.90. The van der Waals surface area contributed by atoms with Gasteiger partial charge in [0.1, 0.15) is 0 Å². The lowest BCUT2D eigenvalue weighted by molar-refractivity contribution is 0.551. The molecule has 0 aliphatic rings. The van der Waals surface area contributed by atoms with Crippen LogP contribution in [0.2, 0.25) is 5.02 Å². The van der Waals surface area contributed by atoms with Crippen molar-refractivity contribution in [3.05, 3.63) is 54.1 Å². The standard InChI is InChI=1S/C14H14Br2ClNS/c1-2-18-13(8-14-11(15)5-6-19-14)10-4-3-9(17)7-12(10)16/h3-7,13,18H,2,8H2,1H3. The van der Waals surface area contributed by atoms with E-state index < -0.39 is 0 Å². The molecule has 0 aliphatic carbocycles. The number of hydrogen-bond acceptors (Lipinski definition) is 2. The molecule has 0 saturated carbocycles. The topological polar surface area (TPSA) is 12.0 Å². The van der Waals surface area contributed by atoms with Gasteiger partial charge < -0.3 is 5.32 Å². The fourth-order valence-electron chi connectivity index (χ4n) is 1.98. The lowest BCUT2D eigenvalue weighted by Gasteiger charge is -2.19. The molecule has 0 spiro atoms. The second kappa shape index (κ2) is 7.23. The Balaban J connectivity index is 2.27. The lowest BCUT2D eigenvalue weighted by Crippen LogP contribution is -2.23. The molecule has 2 aromatic rings. The molecule has 2 rings (SSSR count). The average molecular weight is 424 g/mol. The molecule has 1 unspecified atom stereocenters. The van der Waals surface area contributed by atoms with E-state index in [1.54, 1.807) is 11.3 Å². The van der Waals surface area contributed by atoms with Crippen LogP contribution >= 0.6 is 54.8 Å². The number of halogens is 3. The summed E-state index contributed by atoms with van der Waals surface area (Å²) in [6.07, 6.45) is 0.965. The number of nitrogens with one attached hydrogen (secondary N) is 1. The van der Waals surface area contributed by atoms with Gasteiger partial charge in [-0.3, -0.25) is 0 Å². The van der Waals surface area contributed by atoms with Crippen LogP contribution in [0.25, 0.3) is 0 Å². The Morgan fingerprint density at radius 3 is 2.63 bits per heavy atom. The Morgan fingerprint density at radius 2 is 2.05 bits per heavy atom. The second-order valence-electron chi connectivity index (χ2n) is 4.17. The summed E-state index contributed by atoms with van der Waals surface area (Å²) < 4.78 is 2.24. The van der Waals surface area contributed by atoms with Crippen molar-refractivity contribution in [3.8, 4) is 0 Å². The van der Waals surface area contributed by atoms with E-state index in [1.165, 1.54) is 14.9 Å². The fourth-order valence-corrected chi connectivity index (χ4v) is 4.50. The summed E-state index contributed by atoms with van der Waals surface area (Å²) in [6.45, 7) is 3.06. The molecule has 1 atom stereocenters. The first kappa shape index (κ1) is 15.5. The minimum absolute atomic E-state index is 0.284. The molecule has 0 saturated heterocycles. The number of benzene rings is 1. The van der Waals surface area contributed by atoms with E-state index in [9.17, 15) is 0 Å². The highest BCUT2D eigenvalue weighted by atomic mass is 79.9. The van der Waals surface area contributed by atoms with Crippen LogP contribution in [0.5, 0.6) is 0 Å². The number of likely N-dealkylation sites (N-methyl/N-ethyl adjacent to an activating group) is 1. The first-order valence-corrected chi connectivity index (χ1v) is 8.86. The minimum Gasteiger partial charge on any atom is -0.310 e. The maximum absolute atomic E-state index is 6.01. The number of thiophene rings is 1. The minimum atomic E-state index is 0.284. The molecule has 0 fully saturated rings. The summed E-state index contributed by atoms with van der Waals surface area (Å²) in [7, 11) is 0. The molecule has 1 aromatic carbocycles. The molecular formula is C14H14Br2ClNS. The zero-order valence-electron chi connectivity index (χ0n) is 10.4. The largest absolute Gasteiger partial charge is 0.310 e. The van der Waals surface area contributed by atoms with Crippen molar-refractivity contribution in [3.63, 3.8) is 0 Å². The second-order valence-corrected chi connectivity index (χ2v) is 7.32. The highest BCUT2D eigenvalue weighted by molar-refractivity contribution is 9.10. The van der Waals surface area contributed by atoms with Crippen molar-refractivity contribution in [2.24, 2.45) is 0 Å². The number of rotatable bonds is 5. The first-order chi connectivity index (χ1) is 9.11. The summed E-state index contributed by atoms with van der Waals surface area (Å²) in [5.41, 5.74) is 1.24. The van der Waals surface area contributed by atoms with Crippen LogP contribution in [-0.2, 0) is 6.42 Å². The summed E-state index contributed by atoms with van der Waals surface area (Å²) in [5.74, 6) is 0. The van der Waals surface area contributed by atoms with Crippen molar-refractivity contribution >= 4 is 54.8 Å². The molecule has 1 heterocycles. The Bertz CT molecular complexity index is 556. The Labute approximate surface area is 139 Å². The molecule has 102 valence electrons. The molecule has 1 aromatic heterocycles. The summed E-state index contributed by atoms with van der Waals surface area (Å²) >= 11 is 15.0. The summed E-state index contributed by atoms with van der Waals surface area (Å²) in [5, 5.41) is 6.40. The van der Waals surface area contributed by atoms with Crippen LogP contribution in [0.3, 0.4) is 0 Å². The van der Waals surface area contributed by atoms with Crippen molar-refractivity contribution in [2.75, 3.05) is 6.54 Å². The van der Waals surface area contributed by atoms with Crippen LogP contribution in [0.4, 0.5) is 0 Å². The van der Waals surface area contributed by atoms with Gasteiger partial charge in [0.25, 0.3) is 0 Å². The van der Waals surface area contributed by atoms with E-state index in [-0.39, 0.29) is 6.04 Å². The van der Waals surface area contributed by atoms with E-state index in [0.717, 1.165) is 22.5 Å². The predicted octanol–water partition coefficient (Wildman–Crippen LogP) is 5.82. The number of hydrogen-bond donors (Lipinski definition) is 1. The van der Waals surface area contributed by atoms with Crippen molar-refractivity contribution in [1.82, 2.24) is 5.32 Å². The van der Waals surface area contributed by atoms with E-state index in [0.29, 0.717) is 0 Å². The molecule has 1 nitrogen and oxygen atoms in total. The van der Waals surface area contributed by atoms with Crippen molar-refractivity contribution in [1.29, 1.82) is 0 Å². The first-order valence-electron chi connectivity index (χ1n) is 6.02. The lowest BCUT2D eigenvalue weighted by atomic mass is 10.0. The van der Waals surface area contributed by atoms with Gasteiger partial charge in [0.2, 0.25) is 0 Å². The van der Waals surface area contributed by atoms with E-state index in [1.807, 2.05) is 12.1 Å². The summed E-state index contributed by atoms with van der Waals surface area (Å²) in [4.78, 5) is 1.35. The SMILES string of the molecule is CCNC(Cc1sccc1Br)c1ccc(Cl)cc1Br. The van der Waals surface area contributed by atoms with E-state index in [4.69, 9.17) is 11.6 Å². The molecule has 19 heavy (non-hydrogen) atoms. The molecular weight excluding hydrogens is 409 g/mol. The summed E-state index contributed by atoms with van der Waals surface area (Å²) in [6, 6.07) is 8.35. The molecule has 1 N–H and O–H groups in total. The highest BCUT2D eigenvalue weighted by Gasteiger charge is 2.16. The van der Waals surface area contributed by atoms with Gasteiger partial charge in [0, 0.05) is 31.3 Å². The van der Waals surface area contributed by atoms with Crippen LogP contribution in [0.15, 0.2) is 38.6 Å². The smallest absolute Gasteiger partial charge is 0.0417 e. The molecule has 5 heteroatoms. The van der Waals surface area contributed by atoms with Gasteiger partial charge in [0.05, 0.1) is 0 Å². The zero-order chi connectivity index (χ0) is 13.8. The maximum Gasteiger partial charge on any atom is 0.0417 e. The monoisotopic (exact) mass is 421 g/mol. The Hall–Kier alpha value is 0.130. The molecule has 0 radical (unpaired) electrons. The molecule has 0 bridgehead atoms. The predicted molar refractivity (Wildman–Crippen MR) is 91.3 cm³/mol. The third-order valence-corrected chi connectivity index (χ3v) is 5.74. The van der Waals surface area contributed by atoms with Gasteiger partial charge in [0.15, 0.2) is 0 Å². The van der Waals surface area contributed by atoms with Gasteiger partial charge in [-0.15, -0.1) is 11.3 Å². The quantitative estimate of drug-likeness (QED) is 0.639. The van der Waals surface area contributed by atoms with E-state index >= 15 is 0 Å². The highest BCUT2D eigenvalue weighted by Crippen LogP contribution is 2.32. The van der Waals surface area contributed by atoms with Crippen LogP contribution in [0.1, 0.15) is 23.4 Å². The average Bonchev–Trinajstić information content (AvgIpc) is 2.75. The van der Waals surface area contributed by atoms with Gasteiger partial charge in [-0.25, -0.2) is 0 Å². The van der Waals surface area contributed by atoms with E-state index in [2.05, 4.69) is 61.6 Å². The normalized spacial score (nSPS) is 12.6. The third-order valence-electron chi connectivity index (χ3n) is 2.87. The molecule has 0 aliphatic heterocycles. The third kappa shape index (κ3) is 4.05. The van der Waals surface area contributed by atoms with Crippen LogP contribution < -0.4 is 5.32 Å². The van der Waals surface area contributed by atoms with Gasteiger partial charge >= 0.3 is 0 Å². The van der Waals surface area contributed by atoms with Gasteiger partial charge in [-0.2, -0.15) is 0 Å². The van der Waals surface area contributed by atoms with Crippen molar-refractivity contribution < 1.29 is 0 Å². The zero-order valence-corrected chi connectivity index (χ0v) is 15.2. The Morgan fingerprint density at radius 1 is 1.26 bits per heavy atom.